The summed E-state index contributed by atoms with van der Waals surface area (Å²) < 4.78 is 30.1. The molecule has 0 fully saturated rings. The Hall–Kier alpha value is -3.52. The van der Waals surface area contributed by atoms with Gasteiger partial charge in [0.05, 0.1) is 16.9 Å². The van der Waals surface area contributed by atoms with E-state index in [2.05, 4.69) is 20.6 Å². The lowest BCUT2D eigenvalue weighted by molar-refractivity contribution is 0.0953. The lowest BCUT2D eigenvalue weighted by Gasteiger charge is -2.12. The third-order valence-corrected chi connectivity index (χ3v) is 5.56. The molecule has 2 heterocycles. The monoisotopic (exact) mass is 469 g/mol. The zero-order valence-electron chi connectivity index (χ0n) is 18.1. The predicted octanol–water partition coefficient (Wildman–Crippen LogP) is 5.77. The number of aromatic nitrogens is 3. The standard InChI is InChI=1S/C24H22ClF2N5O/c1-3-9-29-24(33)16-6-5-15(12-14(16)4-2)31-22-23-30-13-19(32(23)11-10-28-22)17-7-8-18(25)21(27)20(17)26/h5-8,10-13H,3-4,9H2,1-2H3,(H,28,31)(H,29,33). The first-order chi connectivity index (χ1) is 15.9. The van der Waals surface area contributed by atoms with Crippen LogP contribution < -0.4 is 10.6 Å². The van der Waals surface area contributed by atoms with Crippen molar-refractivity contribution in [1.29, 1.82) is 0 Å². The lowest BCUT2D eigenvalue weighted by atomic mass is 10.0. The summed E-state index contributed by atoms with van der Waals surface area (Å²) in [5.74, 6) is -1.81. The number of fused-ring (bicyclic) bond motifs is 1. The second-order valence-electron chi connectivity index (χ2n) is 7.44. The number of hydrogen-bond donors (Lipinski definition) is 2. The third-order valence-electron chi connectivity index (χ3n) is 5.27. The van der Waals surface area contributed by atoms with Crippen molar-refractivity contribution >= 4 is 34.7 Å². The Balaban J connectivity index is 1.68. The Kier molecular flexibility index (Phi) is 6.55. The van der Waals surface area contributed by atoms with Crippen LogP contribution in [-0.4, -0.2) is 26.8 Å². The minimum absolute atomic E-state index is 0.0391. The molecule has 9 heteroatoms. The lowest BCUT2D eigenvalue weighted by Crippen LogP contribution is -2.25. The van der Waals surface area contributed by atoms with Gasteiger partial charge in [0, 0.05) is 35.8 Å². The van der Waals surface area contributed by atoms with Crippen molar-refractivity contribution in [3.8, 4) is 11.3 Å². The van der Waals surface area contributed by atoms with Crippen molar-refractivity contribution in [3.05, 3.63) is 76.7 Å². The second-order valence-corrected chi connectivity index (χ2v) is 7.85. The van der Waals surface area contributed by atoms with Crippen molar-refractivity contribution in [2.75, 3.05) is 11.9 Å². The summed E-state index contributed by atoms with van der Waals surface area (Å²) in [5.41, 5.74) is 3.09. The summed E-state index contributed by atoms with van der Waals surface area (Å²) in [6.45, 7) is 4.60. The summed E-state index contributed by atoms with van der Waals surface area (Å²) in [4.78, 5) is 21.1. The molecule has 0 radical (unpaired) electrons. The fourth-order valence-electron chi connectivity index (χ4n) is 3.59. The fourth-order valence-corrected chi connectivity index (χ4v) is 3.73. The molecule has 0 aliphatic carbocycles. The molecule has 0 aliphatic rings. The van der Waals surface area contributed by atoms with E-state index in [9.17, 15) is 13.6 Å². The molecule has 2 aromatic heterocycles. The van der Waals surface area contributed by atoms with Gasteiger partial charge in [-0.1, -0.05) is 25.4 Å². The van der Waals surface area contributed by atoms with Gasteiger partial charge in [-0.25, -0.2) is 18.7 Å². The molecule has 4 aromatic rings. The number of aryl methyl sites for hydroxylation is 1. The molecule has 0 saturated carbocycles. The van der Waals surface area contributed by atoms with Gasteiger partial charge >= 0.3 is 0 Å². The topological polar surface area (TPSA) is 71.3 Å². The van der Waals surface area contributed by atoms with Crippen LogP contribution in [0.2, 0.25) is 5.02 Å². The zero-order valence-corrected chi connectivity index (χ0v) is 18.9. The summed E-state index contributed by atoms with van der Waals surface area (Å²) in [6.07, 6.45) is 6.15. The van der Waals surface area contributed by atoms with Crippen LogP contribution >= 0.6 is 11.6 Å². The van der Waals surface area contributed by atoms with Gasteiger partial charge in [0.15, 0.2) is 23.1 Å². The molecular weight excluding hydrogens is 448 g/mol. The maximum absolute atomic E-state index is 14.5. The Bertz CT molecular complexity index is 1340. The number of imidazole rings is 1. The van der Waals surface area contributed by atoms with Crippen LogP contribution in [0, 0.1) is 11.6 Å². The summed E-state index contributed by atoms with van der Waals surface area (Å²) in [7, 11) is 0. The highest BCUT2D eigenvalue weighted by molar-refractivity contribution is 6.30. The number of amides is 1. The minimum atomic E-state index is -1.10. The molecule has 1 amide bonds. The number of nitrogens with one attached hydrogen (secondary N) is 2. The van der Waals surface area contributed by atoms with Gasteiger partial charge in [-0.05, 0) is 48.7 Å². The molecule has 170 valence electrons. The Morgan fingerprint density at radius 2 is 1.94 bits per heavy atom. The molecule has 33 heavy (non-hydrogen) atoms. The number of rotatable bonds is 7. The molecule has 2 aromatic carbocycles. The second kappa shape index (κ2) is 9.54. The first kappa shape index (κ1) is 22.7. The number of anilines is 2. The molecule has 0 bridgehead atoms. The highest BCUT2D eigenvalue weighted by Gasteiger charge is 2.18. The van der Waals surface area contributed by atoms with Gasteiger partial charge < -0.3 is 10.6 Å². The molecule has 0 spiro atoms. The SMILES string of the molecule is CCCNC(=O)c1ccc(Nc2nccn3c(-c4ccc(Cl)c(F)c4F)cnc23)cc1CC. The van der Waals surface area contributed by atoms with Crippen molar-refractivity contribution in [3.63, 3.8) is 0 Å². The first-order valence-corrected chi connectivity index (χ1v) is 11.0. The highest BCUT2D eigenvalue weighted by atomic mass is 35.5. The smallest absolute Gasteiger partial charge is 0.251 e. The molecule has 2 N–H and O–H groups in total. The summed E-state index contributed by atoms with van der Waals surface area (Å²) >= 11 is 5.68. The van der Waals surface area contributed by atoms with Gasteiger partial charge in [-0.2, -0.15) is 0 Å². The van der Waals surface area contributed by atoms with E-state index < -0.39 is 11.6 Å². The Labute approximate surface area is 194 Å². The van der Waals surface area contributed by atoms with Gasteiger partial charge in [0.2, 0.25) is 0 Å². The maximum Gasteiger partial charge on any atom is 0.251 e. The summed E-state index contributed by atoms with van der Waals surface area (Å²) in [6, 6.07) is 8.18. The van der Waals surface area contributed by atoms with Crippen LogP contribution in [0.3, 0.4) is 0 Å². The molecular formula is C24H22ClF2N5O. The maximum atomic E-state index is 14.5. The number of benzene rings is 2. The van der Waals surface area contributed by atoms with Crippen LogP contribution in [-0.2, 0) is 6.42 Å². The first-order valence-electron chi connectivity index (χ1n) is 10.6. The zero-order chi connectivity index (χ0) is 23.5. The normalized spacial score (nSPS) is 11.1. The van der Waals surface area contributed by atoms with Crippen LogP contribution in [0.5, 0.6) is 0 Å². The predicted molar refractivity (Wildman–Crippen MR) is 125 cm³/mol. The van der Waals surface area contributed by atoms with Crippen LogP contribution in [0.15, 0.2) is 48.9 Å². The van der Waals surface area contributed by atoms with Gasteiger partial charge in [0.25, 0.3) is 5.91 Å². The quantitative estimate of drug-likeness (QED) is 0.337. The van der Waals surface area contributed by atoms with Gasteiger partial charge in [-0.15, -0.1) is 0 Å². The van der Waals surface area contributed by atoms with E-state index in [4.69, 9.17) is 11.6 Å². The van der Waals surface area contributed by atoms with E-state index in [1.165, 1.54) is 24.5 Å². The minimum Gasteiger partial charge on any atom is -0.352 e. The van der Waals surface area contributed by atoms with Crippen molar-refractivity contribution in [2.24, 2.45) is 0 Å². The number of hydrogen-bond acceptors (Lipinski definition) is 4. The Morgan fingerprint density at radius 3 is 2.70 bits per heavy atom. The van der Waals surface area contributed by atoms with Gasteiger partial charge in [-0.3, -0.25) is 9.20 Å². The molecule has 0 unspecified atom stereocenters. The van der Waals surface area contributed by atoms with E-state index in [1.807, 2.05) is 19.9 Å². The van der Waals surface area contributed by atoms with E-state index in [1.54, 1.807) is 22.7 Å². The average molecular weight is 470 g/mol. The fraction of sp³-hybridized carbons (Fsp3) is 0.208. The van der Waals surface area contributed by atoms with Crippen molar-refractivity contribution in [1.82, 2.24) is 19.7 Å². The van der Waals surface area contributed by atoms with Gasteiger partial charge in [0.1, 0.15) is 0 Å². The van der Waals surface area contributed by atoms with Crippen LogP contribution in [0.25, 0.3) is 16.9 Å². The number of carbonyl (C=O) groups is 1. The number of nitrogens with zero attached hydrogens (tertiary/aromatic N) is 3. The van der Waals surface area contributed by atoms with E-state index in [0.717, 1.165) is 17.7 Å². The average Bonchev–Trinajstić information content (AvgIpc) is 3.26. The third kappa shape index (κ3) is 4.39. The van der Waals surface area contributed by atoms with E-state index >= 15 is 0 Å². The molecule has 6 nitrogen and oxygen atoms in total. The largest absolute Gasteiger partial charge is 0.352 e. The van der Waals surface area contributed by atoms with Crippen molar-refractivity contribution in [2.45, 2.75) is 26.7 Å². The number of carbonyl (C=O) groups excluding carboxylic acids is 1. The summed E-state index contributed by atoms with van der Waals surface area (Å²) in [5, 5.41) is 5.83. The molecule has 0 saturated heterocycles. The van der Waals surface area contributed by atoms with Crippen LogP contribution in [0.4, 0.5) is 20.3 Å². The number of halogens is 3. The molecule has 4 rings (SSSR count). The van der Waals surface area contributed by atoms with E-state index in [0.29, 0.717) is 35.7 Å². The van der Waals surface area contributed by atoms with Crippen molar-refractivity contribution < 1.29 is 13.6 Å². The van der Waals surface area contributed by atoms with Crippen LogP contribution in [0.1, 0.15) is 36.2 Å². The Morgan fingerprint density at radius 1 is 1.12 bits per heavy atom. The molecule has 0 aliphatic heterocycles. The molecule has 0 atom stereocenters. The van der Waals surface area contributed by atoms with E-state index in [-0.39, 0.29) is 16.5 Å². The highest BCUT2D eigenvalue weighted by Crippen LogP contribution is 2.30.